The van der Waals surface area contributed by atoms with E-state index in [-0.39, 0.29) is 6.04 Å². The van der Waals surface area contributed by atoms with Crippen molar-refractivity contribution in [2.45, 2.75) is 26.4 Å². The van der Waals surface area contributed by atoms with Crippen LogP contribution in [0.25, 0.3) is 0 Å². The number of hydrogen-bond acceptors (Lipinski definition) is 3. The Morgan fingerprint density at radius 2 is 2.05 bits per heavy atom. The predicted octanol–water partition coefficient (Wildman–Crippen LogP) is 3.89. The molecule has 0 unspecified atom stereocenters. The summed E-state index contributed by atoms with van der Waals surface area (Å²) in [5, 5.41) is 13.8. The summed E-state index contributed by atoms with van der Waals surface area (Å²) in [5.41, 5.74) is 2.52. The van der Waals surface area contributed by atoms with Crippen LogP contribution in [0.15, 0.2) is 42.5 Å². The van der Waals surface area contributed by atoms with Crippen LogP contribution in [0.5, 0.6) is 0 Å². The summed E-state index contributed by atoms with van der Waals surface area (Å²) in [4.78, 5) is 9.85. The molecule has 0 amide bonds. The highest BCUT2D eigenvalue weighted by atomic mass is 19.1. The molecule has 0 spiro atoms. The highest BCUT2D eigenvalue weighted by molar-refractivity contribution is 5.35. The first-order valence-electron chi connectivity index (χ1n) is 6.70. The van der Waals surface area contributed by atoms with Gasteiger partial charge in [0.05, 0.1) is 4.92 Å². The Kier molecular flexibility index (Phi) is 4.65. The van der Waals surface area contributed by atoms with E-state index in [1.165, 1.54) is 17.7 Å². The molecule has 0 saturated heterocycles. The molecule has 0 aliphatic rings. The van der Waals surface area contributed by atoms with Crippen molar-refractivity contribution in [2.75, 3.05) is 0 Å². The number of nitro benzene ring substituents is 1. The average molecular weight is 288 g/mol. The number of aryl methyl sites for hydroxylation is 1. The van der Waals surface area contributed by atoms with Gasteiger partial charge in [-0.1, -0.05) is 35.9 Å². The summed E-state index contributed by atoms with van der Waals surface area (Å²) in [6, 6.07) is 12.2. The van der Waals surface area contributed by atoms with E-state index in [2.05, 4.69) is 11.4 Å². The van der Waals surface area contributed by atoms with Crippen molar-refractivity contribution in [1.29, 1.82) is 0 Å². The lowest BCUT2D eigenvalue weighted by molar-refractivity contribution is -0.387. The molecule has 0 radical (unpaired) electrons. The van der Waals surface area contributed by atoms with Gasteiger partial charge in [-0.3, -0.25) is 10.1 Å². The molecule has 4 nitrogen and oxygen atoms in total. The normalized spacial score (nSPS) is 12.1. The van der Waals surface area contributed by atoms with E-state index in [9.17, 15) is 14.5 Å². The predicted molar refractivity (Wildman–Crippen MR) is 79.5 cm³/mol. The molecule has 0 fully saturated rings. The molecule has 0 aromatic heterocycles. The van der Waals surface area contributed by atoms with Gasteiger partial charge in [-0.2, -0.15) is 4.39 Å². The van der Waals surface area contributed by atoms with Gasteiger partial charge in [0.1, 0.15) is 0 Å². The number of rotatable bonds is 5. The fourth-order valence-corrected chi connectivity index (χ4v) is 2.14. The van der Waals surface area contributed by atoms with Crippen LogP contribution in [0.2, 0.25) is 0 Å². The Balaban J connectivity index is 2.03. The van der Waals surface area contributed by atoms with Crippen LogP contribution in [0.4, 0.5) is 10.1 Å². The second-order valence-corrected chi connectivity index (χ2v) is 5.06. The van der Waals surface area contributed by atoms with Gasteiger partial charge in [0.15, 0.2) is 0 Å². The molecule has 110 valence electrons. The van der Waals surface area contributed by atoms with E-state index in [4.69, 9.17) is 0 Å². The van der Waals surface area contributed by atoms with Gasteiger partial charge in [-0.25, -0.2) is 0 Å². The smallest absolute Gasteiger partial charge is 0.304 e. The van der Waals surface area contributed by atoms with Crippen LogP contribution in [0.3, 0.4) is 0 Å². The zero-order chi connectivity index (χ0) is 15.4. The third kappa shape index (κ3) is 3.86. The first-order valence-corrected chi connectivity index (χ1v) is 6.70. The SMILES string of the molecule is Cc1cccc([C@@H](C)NCc2ccc([N+](=O)[O-])c(F)c2)c1. The first kappa shape index (κ1) is 15.1. The van der Waals surface area contributed by atoms with Crippen molar-refractivity contribution in [3.05, 3.63) is 75.1 Å². The van der Waals surface area contributed by atoms with Crippen LogP contribution >= 0.6 is 0 Å². The van der Waals surface area contributed by atoms with Crippen LogP contribution < -0.4 is 5.32 Å². The lowest BCUT2D eigenvalue weighted by Gasteiger charge is -2.15. The second kappa shape index (κ2) is 6.45. The standard InChI is InChI=1S/C16H17FN2O2/c1-11-4-3-5-14(8-11)12(2)18-10-13-6-7-16(19(20)21)15(17)9-13/h3-9,12,18H,10H2,1-2H3/t12-/m1/s1. The quantitative estimate of drug-likeness (QED) is 0.670. The Morgan fingerprint density at radius 1 is 1.29 bits per heavy atom. The summed E-state index contributed by atoms with van der Waals surface area (Å²) >= 11 is 0. The Hall–Kier alpha value is -2.27. The summed E-state index contributed by atoms with van der Waals surface area (Å²) in [6.07, 6.45) is 0. The van der Waals surface area contributed by atoms with Gasteiger partial charge in [0.2, 0.25) is 5.82 Å². The van der Waals surface area contributed by atoms with Crippen molar-refractivity contribution in [3.8, 4) is 0 Å². The van der Waals surface area contributed by atoms with E-state index in [0.29, 0.717) is 12.1 Å². The zero-order valence-corrected chi connectivity index (χ0v) is 12.0. The van der Waals surface area contributed by atoms with E-state index >= 15 is 0 Å². The van der Waals surface area contributed by atoms with Crippen LogP contribution in [-0.4, -0.2) is 4.92 Å². The van der Waals surface area contributed by atoms with Crippen molar-refractivity contribution in [1.82, 2.24) is 5.32 Å². The molecule has 0 saturated carbocycles. The minimum Gasteiger partial charge on any atom is -0.306 e. The molecule has 1 atom stereocenters. The van der Waals surface area contributed by atoms with Crippen molar-refractivity contribution in [2.24, 2.45) is 0 Å². The number of nitro groups is 1. The van der Waals surface area contributed by atoms with Gasteiger partial charge in [-0.15, -0.1) is 0 Å². The average Bonchev–Trinajstić information content (AvgIpc) is 2.44. The third-order valence-corrected chi connectivity index (χ3v) is 3.36. The van der Waals surface area contributed by atoms with Crippen LogP contribution in [0.1, 0.15) is 29.7 Å². The molecule has 1 N–H and O–H groups in total. The lowest BCUT2D eigenvalue weighted by Crippen LogP contribution is -2.18. The van der Waals surface area contributed by atoms with Gasteiger partial charge < -0.3 is 5.32 Å². The van der Waals surface area contributed by atoms with Crippen molar-refractivity contribution >= 4 is 5.69 Å². The maximum Gasteiger partial charge on any atom is 0.304 e. The lowest BCUT2D eigenvalue weighted by atomic mass is 10.1. The van der Waals surface area contributed by atoms with Gasteiger partial charge in [0.25, 0.3) is 0 Å². The summed E-state index contributed by atoms with van der Waals surface area (Å²) in [7, 11) is 0. The van der Waals surface area contributed by atoms with Crippen LogP contribution in [0, 0.1) is 22.9 Å². The highest BCUT2D eigenvalue weighted by Gasteiger charge is 2.14. The molecule has 0 aliphatic heterocycles. The molecule has 0 aliphatic carbocycles. The summed E-state index contributed by atoms with van der Waals surface area (Å²) in [6.45, 7) is 4.50. The Morgan fingerprint density at radius 3 is 2.67 bits per heavy atom. The monoisotopic (exact) mass is 288 g/mol. The fraction of sp³-hybridized carbons (Fsp3) is 0.250. The molecular weight excluding hydrogens is 271 g/mol. The molecular formula is C16H17FN2O2. The van der Waals surface area contributed by atoms with Gasteiger partial charge in [0, 0.05) is 18.7 Å². The number of nitrogens with zero attached hydrogens (tertiary/aromatic N) is 1. The summed E-state index contributed by atoms with van der Waals surface area (Å²) < 4.78 is 13.5. The zero-order valence-electron chi connectivity index (χ0n) is 12.0. The Bertz CT molecular complexity index is 658. The topological polar surface area (TPSA) is 55.2 Å². The molecule has 0 bridgehead atoms. The minimum absolute atomic E-state index is 0.114. The maximum atomic E-state index is 13.5. The number of hydrogen-bond donors (Lipinski definition) is 1. The number of benzene rings is 2. The largest absolute Gasteiger partial charge is 0.306 e. The molecule has 5 heteroatoms. The molecule has 2 rings (SSSR count). The Labute approximate surface area is 122 Å². The van der Waals surface area contributed by atoms with E-state index in [1.54, 1.807) is 6.07 Å². The van der Waals surface area contributed by atoms with E-state index in [0.717, 1.165) is 5.56 Å². The van der Waals surface area contributed by atoms with E-state index in [1.807, 2.05) is 32.0 Å². The van der Waals surface area contributed by atoms with Crippen molar-refractivity contribution < 1.29 is 9.31 Å². The molecule has 21 heavy (non-hydrogen) atoms. The van der Waals surface area contributed by atoms with Gasteiger partial charge in [-0.05, 0) is 31.0 Å². The third-order valence-electron chi connectivity index (χ3n) is 3.36. The number of halogens is 1. The van der Waals surface area contributed by atoms with E-state index < -0.39 is 16.4 Å². The molecule has 0 heterocycles. The highest BCUT2D eigenvalue weighted by Crippen LogP contribution is 2.19. The van der Waals surface area contributed by atoms with Crippen molar-refractivity contribution in [3.63, 3.8) is 0 Å². The van der Waals surface area contributed by atoms with Gasteiger partial charge >= 0.3 is 5.69 Å². The fourth-order valence-electron chi connectivity index (χ4n) is 2.14. The first-order chi connectivity index (χ1) is 9.97. The number of nitrogens with one attached hydrogen (secondary N) is 1. The summed E-state index contributed by atoms with van der Waals surface area (Å²) in [5.74, 6) is -0.803. The second-order valence-electron chi connectivity index (χ2n) is 5.06. The van der Waals surface area contributed by atoms with Crippen LogP contribution in [-0.2, 0) is 6.54 Å². The molecule has 2 aromatic rings. The molecule has 2 aromatic carbocycles. The maximum absolute atomic E-state index is 13.5. The minimum atomic E-state index is -0.803.